The molecule has 70 valence electrons. The summed E-state index contributed by atoms with van der Waals surface area (Å²) in [5.74, 6) is -0.308. The van der Waals surface area contributed by atoms with Crippen LogP contribution in [0.15, 0.2) is 30.3 Å². The minimum atomic E-state index is -1.45. The Morgan fingerprint density at radius 1 is 1.46 bits per heavy atom. The number of carbonyl (C=O) groups is 1. The van der Waals surface area contributed by atoms with Crippen molar-refractivity contribution in [1.29, 1.82) is 0 Å². The van der Waals surface area contributed by atoms with Gasteiger partial charge < -0.3 is 4.74 Å². The smallest absolute Gasteiger partial charge is 0.261 e. The molecule has 1 aromatic rings. The molecule has 1 unspecified atom stereocenters. The Labute approximate surface area is 90.0 Å². The number of Topliss-reactive ketones (excluding diaryl/α,β-unsaturated/α-hetero) is 1. The normalized spacial score (nSPS) is 15.0. The van der Waals surface area contributed by atoms with E-state index in [1.54, 1.807) is 24.3 Å². The zero-order valence-electron chi connectivity index (χ0n) is 6.96. The van der Waals surface area contributed by atoms with Crippen molar-refractivity contribution in [3.8, 4) is 0 Å². The highest BCUT2D eigenvalue weighted by Crippen LogP contribution is 2.28. The van der Waals surface area contributed by atoms with Gasteiger partial charge in [0.05, 0.1) is 0 Å². The van der Waals surface area contributed by atoms with Gasteiger partial charge in [-0.1, -0.05) is 41.9 Å². The summed E-state index contributed by atoms with van der Waals surface area (Å²) in [7, 11) is 1.36. The molecule has 4 heteroatoms. The summed E-state index contributed by atoms with van der Waals surface area (Å²) in [5.41, 5.74) is 0.510. The molecule has 0 heterocycles. The van der Waals surface area contributed by atoms with E-state index in [2.05, 4.69) is 15.9 Å². The third kappa shape index (κ3) is 2.53. The summed E-state index contributed by atoms with van der Waals surface area (Å²) in [4.78, 5) is 11.6. The van der Waals surface area contributed by atoms with Crippen LogP contribution < -0.4 is 0 Å². The average molecular weight is 264 g/mol. The number of halogens is 2. The molecule has 1 rings (SSSR count). The summed E-state index contributed by atoms with van der Waals surface area (Å²) in [6.07, 6.45) is 0. The zero-order valence-corrected chi connectivity index (χ0v) is 9.30. The van der Waals surface area contributed by atoms with Crippen molar-refractivity contribution >= 4 is 33.3 Å². The molecular formula is C9H8BrClO2. The Morgan fingerprint density at radius 3 is 2.46 bits per heavy atom. The van der Waals surface area contributed by atoms with Gasteiger partial charge in [0.15, 0.2) is 0 Å². The van der Waals surface area contributed by atoms with Crippen LogP contribution in [0.2, 0.25) is 0 Å². The first kappa shape index (κ1) is 10.7. The first-order chi connectivity index (χ1) is 6.08. The number of hydrogen-bond acceptors (Lipinski definition) is 2. The average Bonchev–Trinajstić information content (AvgIpc) is 2.18. The van der Waals surface area contributed by atoms with E-state index in [0.29, 0.717) is 5.56 Å². The number of rotatable bonds is 3. The number of carbonyl (C=O) groups excluding carboxylic acids is 1. The summed E-state index contributed by atoms with van der Waals surface area (Å²) in [5, 5.41) is 0. The molecule has 0 aliphatic rings. The summed E-state index contributed by atoms with van der Waals surface area (Å²) in [6, 6.07) is 8.72. The van der Waals surface area contributed by atoms with Gasteiger partial charge in [-0.3, -0.25) is 4.79 Å². The van der Waals surface area contributed by atoms with Crippen molar-refractivity contribution in [3.05, 3.63) is 35.9 Å². The van der Waals surface area contributed by atoms with Crippen LogP contribution in [-0.2, 0) is 4.74 Å². The first-order valence-electron chi connectivity index (χ1n) is 3.61. The third-order valence-corrected chi connectivity index (χ3v) is 2.57. The lowest BCUT2D eigenvalue weighted by molar-refractivity contribution is 0.0730. The lowest BCUT2D eigenvalue weighted by Crippen LogP contribution is -2.27. The topological polar surface area (TPSA) is 26.3 Å². The van der Waals surface area contributed by atoms with E-state index in [1.807, 2.05) is 6.07 Å². The largest absolute Gasteiger partial charge is 0.347 e. The molecule has 0 saturated heterocycles. The summed E-state index contributed by atoms with van der Waals surface area (Å²) in [6.45, 7) is 0. The van der Waals surface area contributed by atoms with Crippen LogP contribution in [0.4, 0.5) is 0 Å². The van der Waals surface area contributed by atoms with Crippen molar-refractivity contribution in [3.63, 3.8) is 0 Å². The van der Waals surface area contributed by atoms with Crippen LogP contribution in [0, 0.1) is 0 Å². The van der Waals surface area contributed by atoms with Crippen LogP contribution in [0.3, 0.4) is 0 Å². The van der Waals surface area contributed by atoms with Crippen molar-refractivity contribution in [2.45, 2.75) is 3.97 Å². The molecule has 13 heavy (non-hydrogen) atoms. The second-order valence-electron chi connectivity index (χ2n) is 2.42. The fourth-order valence-electron chi connectivity index (χ4n) is 0.850. The molecule has 0 N–H and O–H groups in total. The third-order valence-electron chi connectivity index (χ3n) is 1.56. The van der Waals surface area contributed by atoms with Gasteiger partial charge in [-0.05, 0) is 15.9 Å². The maximum atomic E-state index is 11.6. The highest BCUT2D eigenvalue weighted by Gasteiger charge is 2.33. The maximum absolute atomic E-state index is 11.6. The Hall–Kier alpha value is -0.380. The highest BCUT2D eigenvalue weighted by molar-refractivity contribution is 9.10. The van der Waals surface area contributed by atoms with Gasteiger partial charge in [-0.2, -0.15) is 0 Å². The van der Waals surface area contributed by atoms with Crippen LogP contribution in [-0.4, -0.2) is 16.9 Å². The minimum absolute atomic E-state index is 0.308. The lowest BCUT2D eigenvalue weighted by atomic mass is 10.1. The van der Waals surface area contributed by atoms with E-state index in [0.717, 1.165) is 0 Å². The van der Waals surface area contributed by atoms with Crippen LogP contribution in [0.1, 0.15) is 10.4 Å². The molecular weight excluding hydrogens is 255 g/mol. The van der Waals surface area contributed by atoms with Crippen molar-refractivity contribution in [2.24, 2.45) is 0 Å². The van der Waals surface area contributed by atoms with Gasteiger partial charge >= 0.3 is 0 Å². The standard InChI is InChI=1S/C9H8BrClO2/c1-13-9(10,11)8(12)7-5-3-2-4-6-7/h2-6H,1H3. The Bertz CT molecular complexity index is 298. The van der Waals surface area contributed by atoms with Gasteiger partial charge in [-0.25, -0.2) is 0 Å². The van der Waals surface area contributed by atoms with E-state index in [-0.39, 0.29) is 5.78 Å². The van der Waals surface area contributed by atoms with Crippen LogP contribution in [0.5, 0.6) is 0 Å². The number of methoxy groups -OCH3 is 1. The molecule has 2 nitrogen and oxygen atoms in total. The molecule has 1 aromatic carbocycles. The van der Waals surface area contributed by atoms with Crippen molar-refractivity contribution < 1.29 is 9.53 Å². The SMILES string of the molecule is COC(Cl)(Br)C(=O)c1ccccc1. The monoisotopic (exact) mass is 262 g/mol. The van der Waals surface area contributed by atoms with Crippen molar-refractivity contribution in [2.75, 3.05) is 7.11 Å². The predicted molar refractivity (Wildman–Crippen MR) is 55.3 cm³/mol. The number of ether oxygens (including phenoxy) is 1. The van der Waals surface area contributed by atoms with Gasteiger partial charge in [0.2, 0.25) is 5.78 Å². The zero-order chi connectivity index (χ0) is 9.90. The van der Waals surface area contributed by atoms with Crippen LogP contribution >= 0.6 is 27.5 Å². The van der Waals surface area contributed by atoms with Crippen molar-refractivity contribution in [1.82, 2.24) is 0 Å². The molecule has 0 bridgehead atoms. The Kier molecular flexibility index (Phi) is 3.47. The Balaban J connectivity index is 2.93. The van der Waals surface area contributed by atoms with E-state index < -0.39 is 3.97 Å². The molecule has 1 atom stereocenters. The fraction of sp³-hybridized carbons (Fsp3) is 0.222. The van der Waals surface area contributed by atoms with Gasteiger partial charge in [0, 0.05) is 12.7 Å². The van der Waals surface area contributed by atoms with Gasteiger partial charge in [0.25, 0.3) is 3.97 Å². The second-order valence-corrected chi connectivity index (χ2v) is 4.52. The molecule has 0 amide bonds. The van der Waals surface area contributed by atoms with E-state index >= 15 is 0 Å². The number of alkyl halides is 2. The quantitative estimate of drug-likeness (QED) is 0.619. The van der Waals surface area contributed by atoms with E-state index in [4.69, 9.17) is 16.3 Å². The molecule has 0 fully saturated rings. The predicted octanol–water partition coefficient (Wildman–Crippen LogP) is 2.80. The summed E-state index contributed by atoms with van der Waals surface area (Å²) >= 11 is 8.73. The van der Waals surface area contributed by atoms with E-state index in [1.165, 1.54) is 7.11 Å². The maximum Gasteiger partial charge on any atom is 0.261 e. The molecule has 0 aliphatic heterocycles. The van der Waals surface area contributed by atoms with Gasteiger partial charge in [0.1, 0.15) is 0 Å². The molecule has 0 radical (unpaired) electrons. The van der Waals surface area contributed by atoms with E-state index in [9.17, 15) is 4.79 Å². The van der Waals surface area contributed by atoms with Crippen LogP contribution in [0.25, 0.3) is 0 Å². The lowest BCUT2D eigenvalue weighted by Gasteiger charge is -2.15. The molecule has 0 aliphatic carbocycles. The summed E-state index contributed by atoms with van der Waals surface area (Å²) < 4.78 is 3.34. The molecule has 0 spiro atoms. The fourth-order valence-corrected chi connectivity index (χ4v) is 1.19. The minimum Gasteiger partial charge on any atom is -0.347 e. The number of ketones is 1. The highest BCUT2D eigenvalue weighted by atomic mass is 79.9. The Morgan fingerprint density at radius 2 is 2.00 bits per heavy atom. The van der Waals surface area contributed by atoms with Gasteiger partial charge in [-0.15, -0.1) is 0 Å². The first-order valence-corrected chi connectivity index (χ1v) is 4.78. The number of hydrogen-bond donors (Lipinski definition) is 0. The second kappa shape index (κ2) is 4.22. The number of benzene rings is 1. The molecule has 0 saturated carbocycles. The molecule has 0 aromatic heterocycles.